The number of hydrogen-bond donors (Lipinski definition) is 0. The Hall–Kier alpha value is -1.45. The summed E-state index contributed by atoms with van der Waals surface area (Å²) in [5, 5.41) is 0. The Morgan fingerprint density at radius 2 is 2.50 bits per heavy atom. The van der Waals surface area contributed by atoms with Crippen LogP contribution in [0.25, 0.3) is 0 Å². The van der Waals surface area contributed by atoms with Crippen molar-refractivity contribution in [2.45, 2.75) is 6.42 Å². The molecular formula is C8H6FNO2. The highest BCUT2D eigenvalue weighted by Gasteiger charge is 2.17. The molecule has 0 fully saturated rings. The van der Waals surface area contributed by atoms with E-state index in [1.807, 2.05) is 0 Å². The molecule has 0 atom stereocenters. The number of aromatic nitrogens is 1. The highest BCUT2D eigenvalue weighted by molar-refractivity contribution is 5.72. The molecule has 0 radical (unpaired) electrons. The second-order valence-electron chi connectivity index (χ2n) is 2.54. The molecule has 0 N–H and O–H groups in total. The quantitative estimate of drug-likeness (QED) is 0.585. The number of fused-ring (bicyclic) bond motifs is 1. The smallest absolute Gasteiger partial charge is 0.217 e. The zero-order chi connectivity index (χ0) is 8.55. The minimum Gasteiger partial charge on any atom is -0.477 e. The first kappa shape index (κ1) is 7.21. The summed E-state index contributed by atoms with van der Waals surface area (Å²) in [6.07, 6.45) is 1.05. The van der Waals surface area contributed by atoms with Gasteiger partial charge in [0, 0.05) is 12.0 Å². The van der Waals surface area contributed by atoms with Crippen LogP contribution in [0.15, 0.2) is 6.07 Å². The molecule has 0 aliphatic carbocycles. The standard InChI is InChI=1S/C8H6FNO2/c9-6-3-5-1-2-12-8(5)10-7(6)4-11/h3-4H,1-2H2. The summed E-state index contributed by atoms with van der Waals surface area (Å²) in [5.74, 6) is -0.187. The van der Waals surface area contributed by atoms with E-state index in [1.54, 1.807) is 0 Å². The van der Waals surface area contributed by atoms with E-state index < -0.39 is 5.82 Å². The molecule has 0 aromatic carbocycles. The van der Waals surface area contributed by atoms with Crippen LogP contribution in [0.4, 0.5) is 4.39 Å². The number of carbonyl (C=O) groups excluding carboxylic acids is 1. The van der Waals surface area contributed by atoms with E-state index in [0.29, 0.717) is 25.2 Å². The molecule has 4 heteroatoms. The van der Waals surface area contributed by atoms with Gasteiger partial charge in [0.25, 0.3) is 0 Å². The van der Waals surface area contributed by atoms with Gasteiger partial charge in [0.1, 0.15) is 5.69 Å². The Kier molecular flexibility index (Phi) is 1.53. The summed E-state index contributed by atoms with van der Waals surface area (Å²) in [4.78, 5) is 14.0. The number of nitrogens with zero attached hydrogens (tertiary/aromatic N) is 1. The molecule has 2 rings (SSSR count). The average Bonchev–Trinajstić information content (AvgIpc) is 2.49. The van der Waals surface area contributed by atoms with Gasteiger partial charge in [-0.15, -0.1) is 0 Å². The number of halogens is 1. The average molecular weight is 167 g/mol. The van der Waals surface area contributed by atoms with Crippen LogP contribution < -0.4 is 4.74 Å². The molecule has 12 heavy (non-hydrogen) atoms. The summed E-state index contributed by atoms with van der Waals surface area (Å²) in [6.45, 7) is 0.518. The van der Waals surface area contributed by atoms with Crippen molar-refractivity contribution in [1.82, 2.24) is 4.98 Å². The maximum absolute atomic E-state index is 12.9. The number of carbonyl (C=O) groups is 1. The highest BCUT2D eigenvalue weighted by atomic mass is 19.1. The molecule has 3 nitrogen and oxygen atoms in total. The van der Waals surface area contributed by atoms with E-state index in [2.05, 4.69) is 4.98 Å². The molecule has 0 spiro atoms. The Morgan fingerprint density at radius 3 is 3.25 bits per heavy atom. The van der Waals surface area contributed by atoms with Gasteiger partial charge in [-0.05, 0) is 6.07 Å². The Bertz CT molecular complexity index is 338. The molecule has 1 aromatic rings. The van der Waals surface area contributed by atoms with E-state index in [1.165, 1.54) is 6.07 Å². The first-order chi connectivity index (χ1) is 5.81. The molecular weight excluding hydrogens is 161 g/mol. The molecule has 1 aliphatic rings. The topological polar surface area (TPSA) is 39.2 Å². The molecule has 0 saturated heterocycles. The lowest BCUT2D eigenvalue weighted by molar-refractivity contribution is 0.111. The van der Waals surface area contributed by atoms with E-state index in [4.69, 9.17) is 4.74 Å². The van der Waals surface area contributed by atoms with Gasteiger partial charge in [-0.25, -0.2) is 9.37 Å². The summed E-state index contributed by atoms with van der Waals surface area (Å²) < 4.78 is 18.0. The number of hydrogen-bond acceptors (Lipinski definition) is 3. The first-order valence-corrected chi connectivity index (χ1v) is 3.58. The zero-order valence-electron chi connectivity index (χ0n) is 6.21. The van der Waals surface area contributed by atoms with Gasteiger partial charge in [-0.1, -0.05) is 0 Å². The van der Waals surface area contributed by atoms with Crippen LogP contribution in [0.5, 0.6) is 5.88 Å². The third-order valence-electron chi connectivity index (χ3n) is 1.76. The molecule has 1 aliphatic heterocycles. The predicted octanol–water partition coefficient (Wildman–Crippen LogP) is 0.968. The van der Waals surface area contributed by atoms with E-state index in [9.17, 15) is 9.18 Å². The van der Waals surface area contributed by atoms with Gasteiger partial charge >= 0.3 is 0 Å². The molecule has 1 aromatic heterocycles. The SMILES string of the molecule is O=Cc1nc2c(cc1F)CCO2. The Morgan fingerprint density at radius 1 is 1.67 bits per heavy atom. The molecule has 0 saturated carbocycles. The maximum atomic E-state index is 12.9. The van der Waals surface area contributed by atoms with E-state index >= 15 is 0 Å². The minimum absolute atomic E-state index is 0.185. The Balaban J connectivity index is 2.56. The number of aldehydes is 1. The summed E-state index contributed by atoms with van der Waals surface area (Å²) >= 11 is 0. The van der Waals surface area contributed by atoms with Crippen molar-refractivity contribution >= 4 is 6.29 Å². The van der Waals surface area contributed by atoms with Gasteiger partial charge in [0.2, 0.25) is 5.88 Å². The fraction of sp³-hybridized carbons (Fsp3) is 0.250. The van der Waals surface area contributed by atoms with E-state index in [0.717, 1.165) is 5.56 Å². The summed E-state index contributed by atoms with van der Waals surface area (Å²) in [6, 6.07) is 1.30. The van der Waals surface area contributed by atoms with Crippen molar-refractivity contribution in [3.05, 3.63) is 23.1 Å². The largest absolute Gasteiger partial charge is 0.477 e. The lowest BCUT2D eigenvalue weighted by Crippen LogP contribution is -1.95. The van der Waals surface area contributed by atoms with Crippen molar-refractivity contribution in [2.24, 2.45) is 0 Å². The third-order valence-corrected chi connectivity index (χ3v) is 1.76. The number of ether oxygens (including phenoxy) is 1. The number of pyridine rings is 1. The number of rotatable bonds is 1. The van der Waals surface area contributed by atoms with Crippen LogP contribution in [0.3, 0.4) is 0 Å². The van der Waals surface area contributed by atoms with Crippen LogP contribution in [0.1, 0.15) is 16.1 Å². The fourth-order valence-corrected chi connectivity index (χ4v) is 1.17. The van der Waals surface area contributed by atoms with Gasteiger partial charge in [0.15, 0.2) is 12.1 Å². The first-order valence-electron chi connectivity index (χ1n) is 3.58. The lowest BCUT2D eigenvalue weighted by atomic mass is 10.2. The highest BCUT2D eigenvalue weighted by Crippen LogP contribution is 2.23. The van der Waals surface area contributed by atoms with Crippen LogP contribution >= 0.6 is 0 Å². The molecule has 0 amide bonds. The molecule has 62 valence electrons. The predicted molar refractivity (Wildman–Crippen MR) is 38.8 cm³/mol. The van der Waals surface area contributed by atoms with Crippen molar-refractivity contribution in [3.8, 4) is 5.88 Å². The van der Waals surface area contributed by atoms with Gasteiger partial charge in [0.05, 0.1) is 6.61 Å². The monoisotopic (exact) mass is 167 g/mol. The van der Waals surface area contributed by atoms with Gasteiger partial charge in [-0.2, -0.15) is 0 Å². The Labute approximate surface area is 68.2 Å². The molecule has 0 unspecified atom stereocenters. The molecule has 2 heterocycles. The van der Waals surface area contributed by atoms with Crippen LogP contribution in [0, 0.1) is 5.82 Å². The normalized spacial score (nSPS) is 13.8. The summed E-state index contributed by atoms with van der Waals surface area (Å²) in [5.41, 5.74) is 0.550. The zero-order valence-corrected chi connectivity index (χ0v) is 6.21. The van der Waals surface area contributed by atoms with Crippen LogP contribution in [-0.2, 0) is 6.42 Å². The van der Waals surface area contributed by atoms with Gasteiger partial charge < -0.3 is 4.74 Å². The molecule has 0 bridgehead atoms. The van der Waals surface area contributed by atoms with Crippen LogP contribution in [0.2, 0.25) is 0 Å². The fourth-order valence-electron chi connectivity index (χ4n) is 1.17. The third kappa shape index (κ3) is 0.958. The van der Waals surface area contributed by atoms with Crippen molar-refractivity contribution in [2.75, 3.05) is 6.61 Å². The van der Waals surface area contributed by atoms with Gasteiger partial charge in [-0.3, -0.25) is 4.79 Å². The van der Waals surface area contributed by atoms with E-state index in [-0.39, 0.29) is 5.69 Å². The summed E-state index contributed by atoms with van der Waals surface area (Å²) in [7, 11) is 0. The van der Waals surface area contributed by atoms with Crippen LogP contribution in [-0.4, -0.2) is 17.9 Å². The second kappa shape index (κ2) is 2.55. The minimum atomic E-state index is -0.575. The van der Waals surface area contributed by atoms with Crippen molar-refractivity contribution in [3.63, 3.8) is 0 Å². The maximum Gasteiger partial charge on any atom is 0.217 e. The lowest BCUT2D eigenvalue weighted by Gasteiger charge is -1.98. The van der Waals surface area contributed by atoms with Crippen molar-refractivity contribution in [1.29, 1.82) is 0 Å². The second-order valence-corrected chi connectivity index (χ2v) is 2.54. The van der Waals surface area contributed by atoms with Crippen molar-refractivity contribution < 1.29 is 13.9 Å².